The molecule has 0 atom stereocenters. The second-order valence-corrected chi connectivity index (χ2v) is 30.8. The van der Waals surface area contributed by atoms with Crippen LogP contribution in [0.4, 0.5) is 0 Å². The molecule has 88 heavy (non-hydrogen) atoms. The van der Waals surface area contributed by atoms with Gasteiger partial charge in [-0.15, -0.1) is 0 Å². The van der Waals surface area contributed by atoms with Crippen molar-refractivity contribution in [2.45, 2.75) is 129 Å². The Morgan fingerprint density at radius 1 is 0.261 bits per heavy atom. The van der Waals surface area contributed by atoms with Gasteiger partial charge < -0.3 is 8.80 Å². The third-order valence-corrected chi connectivity index (χ3v) is 21.5. The van der Waals surface area contributed by atoms with E-state index in [-0.39, 0.29) is 32.5 Å². The highest BCUT2D eigenvalue weighted by Crippen LogP contribution is 2.58. The average Bonchev–Trinajstić information content (AvgIpc) is 1.49. The van der Waals surface area contributed by atoms with Crippen LogP contribution in [-0.2, 0) is 32.5 Å². The molecule has 0 bridgehead atoms. The van der Waals surface area contributed by atoms with Gasteiger partial charge in [0.2, 0.25) is 0 Å². The minimum atomic E-state index is -0.375. The second kappa shape index (κ2) is 17.4. The minimum Gasteiger partial charge on any atom is -0.308 e. The molecular weight excluding hydrogens is 1060 g/mol. The maximum atomic E-state index is 2.69. The van der Waals surface area contributed by atoms with Gasteiger partial charge in [0.1, 0.15) is 0 Å². The van der Waals surface area contributed by atoms with Crippen molar-refractivity contribution in [2.75, 3.05) is 0 Å². The highest BCUT2D eigenvalue weighted by Gasteiger charge is 2.43. The van der Waals surface area contributed by atoms with Gasteiger partial charge >= 0.3 is 0 Å². The largest absolute Gasteiger partial charge is 0.308 e. The van der Waals surface area contributed by atoms with Crippen LogP contribution < -0.4 is 0 Å². The average molecular weight is 1140 g/mol. The molecule has 0 unspecified atom stereocenters. The Bertz CT molecular complexity index is 5010. The van der Waals surface area contributed by atoms with E-state index in [9.17, 15) is 0 Å². The molecule has 0 aliphatic heterocycles. The lowest BCUT2D eigenvalue weighted by Gasteiger charge is -2.28. The lowest BCUT2D eigenvalue weighted by molar-refractivity contribution is 0.568. The molecule has 0 N–H and O–H groups in total. The van der Waals surface area contributed by atoms with E-state index < -0.39 is 0 Å². The Hall–Kier alpha value is -8.98. The van der Waals surface area contributed by atoms with Crippen LogP contribution in [0, 0.1) is 0 Å². The van der Waals surface area contributed by atoms with E-state index >= 15 is 0 Å². The predicted octanol–water partition coefficient (Wildman–Crippen LogP) is 23.2. The normalized spacial score (nSPS) is 14.9. The lowest BCUT2D eigenvalue weighted by Crippen LogP contribution is -2.22. The van der Waals surface area contributed by atoms with Crippen LogP contribution in [0.25, 0.3) is 121 Å². The molecule has 2 aliphatic rings. The molecule has 0 radical (unpaired) electrons. The fraction of sp³-hybridized carbons (Fsp3) is 0.233. The molecule has 2 nitrogen and oxygen atoms in total. The highest BCUT2D eigenvalue weighted by atomic mass is 14.9. The molecule has 0 fully saturated rings. The van der Waals surface area contributed by atoms with Gasteiger partial charge in [0.25, 0.3) is 0 Å². The SMILES string of the molecule is CC(C)(C)c1cc(-c2ccc3c4c5c6cc(C7(C)c8ccccc8-c8ccccc87)ccc6n6c7cc(-c8cc(C(C)(C)C)cc(C(C)(C)C)c8)ccc7c(c7c8cc(C9(C)c%10ccccc%10-c%10ccccc%109)ccc8n(c3c2)c74)c56)cc(C(C)(C)C)c1. The van der Waals surface area contributed by atoms with Gasteiger partial charge in [-0.3, -0.25) is 0 Å². The third kappa shape index (κ3) is 7.06. The van der Waals surface area contributed by atoms with Gasteiger partial charge in [-0.1, -0.05) is 253 Å². The van der Waals surface area contributed by atoms with Gasteiger partial charge in [-0.05, 0) is 172 Å². The number of benzene rings is 11. The van der Waals surface area contributed by atoms with E-state index in [0.29, 0.717) is 0 Å². The van der Waals surface area contributed by atoms with Crippen LogP contribution in [0.5, 0.6) is 0 Å². The van der Waals surface area contributed by atoms with Crippen molar-refractivity contribution in [3.8, 4) is 44.5 Å². The Morgan fingerprint density at radius 2 is 0.557 bits per heavy atom. The van der Waals surface area contributed by atoms with Crippen molar-refractivity contribution in [3.05, 3.63) is 262 Å². The molecule has 17 rings (SSSR count). The van der Waals surface area contributed by atoms with Crippen LogP contribution in [-0.4, -0.2) is 8.80 Å². The number of hydrogen-bond donors (Lipinski definition) is 0. The minimum absolute atomic E-state index is 0.0219. The molecule has 11 aromatic carbocycles. The van der Waals surface area contributed by atoms with Crippen molar-refractivity contribution in [3.63, 3.8) is 0 Å². The van der Waals surface area contributed by atoms with Crippen LogP contribution in [0.2, 0.25) is 0 Å². The van der Waals surface area contributed by atoms with Gasteiger partial charge in [0.15, 0.2) is 0 Å². The zero-order valence-corrected chi connectivity index (χ0v) is 53.5. The summed E-state index contributed by atoms with van der Waals surface area (Å²) >= 11 is 0. The summed E-state index contributed by atoms with van der Waals surface area (Å²) in [6.07, 6.45) is 0. The zero-order valence-electron chi connectivity index (χ0n) is 53.5. The Labute approximate surface area is 517 Å². The Kier molecular flexibility index (Phi) is 10.5. The molecule has 0 amide bonds. The molecule has 430 valence electrons. The standard InChI is InChI=1S/C86H76N2/c1-81(2,3)55-39-51(40-56(45-55)82(4,5)6)49-31-35-63-73(43-49)87-71-37-33-53(85(13)67-27-19-15-23-59(67)60-24-16-20-28-68(60)85)47-65(71)78-76-64-36-32-50(52-41-57(83(7,8)9)46-58(42-52)84(10,11)12)44-74(64)88-72-38-34-54(48-66(72)77(80(76)88)75(63)79(78)87)86(14)69-29-21-17-25-61(69)62-26-18-22-30-70(62)86/h15-48H,1-14H3. The van der Waals surface area contributed by atoms with Crippen LogP contribution in [0.1, 0.15) is 153 Å². The first-order valence-corrected chi connectivity index (χ1v) is 32.1. The molecule has 2 aliphatic carbocycles. The van der Waals surface area contributed by atoms with Crippen molar-refractivity contribution in [2.24, 2.45) is 0 Å². The molecule has 0 saturated carbocycles. The molecule has 4 aromatic heterocycles. The maximum Gasteiger partial charge on any atom is 0.0634 e. The second-order valence-electron chi connectivity index (χ2n) is 30.8. The fourth-order valence-electron chi connectivity index (χ4n) is 16.5. The zero-order chi connectivity index (χ0) is 60.7. The molecule has 15 aromatic rings. The van der Waals surface area contributed by atoms with Crippen LogP contribution in [0.15, 0.2) is 206 Å². The first kappa shape index (κ1) is 53.3. The number of nitrogens with zero attached hydrogens (tertiary/aromatic N) is 2. The quantitative estimate of drug-likeness (QED) is 0.166. The Morgan fingerprint density at radius 3 is 0.864 bits per heavy atom. The summed E-state index contributed by atoms with van der Waals surface area (Å²) in [6, 6.07) is 81.3. The topological polar surface area (TPSA) is 8.82 Å². The maximum absolute atomic E-state index is 2.69. The summed E-state index contributed by atoms with van der Waals surface area (Å²) in [6.45, 7) is 33.2. The van der Waals surface area contributed by atoms with Crippen LogP contribution >= 0.6 is 0 Å². The number of aromatic nitrogens is 2. The lowest BCUT2D eigenvalue weighted by atomic mass is 9.74. The summed E-state index contributed by atoms with van der Waals surface area (Å²) in [4.78, 5) is 0. The number of fused-ring (bicyclic) bond motifs is 20. The van der Waals surface area contributed by atoms with Crippen molar-refractivity contribution in [1.82, 2.24) is 8.80 Å². The first-order chi connectivity index (χ1) is 41.9. The summed E-state index contributed by atoms with van der Waals surface area (Å²) < 4.78 is 5.37. The molecule has 0 saturated heterocycles. The van der Waals surface area contributed by atoms with Crippen molar-refractivity contribution < 1.29 is 0 Å². The molecule has 2 heteroatoms. The van der Waals surface area contributed by atoms with Crippen molar-refractivity contribution >= 4 is 76.2 Å². The van der Waals surface area contributed by atoms with Gasteiger partial charge in [-0.2, -0.15) is 0 Å². The third-order valence-electron chi connectivity index (χ3n) is 21.5. The summed E-state index contributed by atoms with van der Waals surface area (Å²) in [5, 5.41) is 10.5. The monoisotopic (exact) mass is 1140 g/mol. The van der Waals surface area contributed by atoms with E-state index in [1.807, 2.05) is 0 Å². The van der Waals surface area contributed by atoms with E-state index in [1.165, 1.54) is 176 Å². The first-order valence-electron chi connectivity index (χ1n) is 32.1. The highest BCUT2D eigenvalue weighted by molar-refractivity contribution is 6.45. The summed E-state index contributed by atoms with van der Waals surface area (Å²) in [5.41, 5.74) is 30.6. The van der Waals surface area contributed by atoms with E-state index in [0.717, 1.165) is 0 Å². The molecule has 0 spiro atoms. The summed E-state index contributed by atoms with van der Waals surface area (Å²) in [5.74, 6) is 0. The van der Waals surface area contributed by atoms with E-state index in [1.54, 1.807) is 0 Å². The molecular formula is C86H76N2. The summed E-state index contributed by atoms with van der Waals surface area (Å²) in [7, 11) is 0. The van der Waals surface area contributed by atoms with Crippen LogP contribution in [0.3, 0.4) is 0 Å². The number of rotatable bonds is 4. The smallest absolute Gasteiger partial charge is 0.0634 e. The molecule has 4 heterocycles. The van der Waals surface area contributed by atoms with E-state index in [4.69, 9.17) is 0 Å². The van der Waals surface area contributed by atoms with Crippen molar-refractivity contribution in [1.29, 1.82) is 0 Å². The Balaban J connectivity index is 1.05. The number of hydrogen-bond acceptors (Lipinski definition) is 0. The van der Waals surface area contributed by atoms with Gasteiger partial charge in [0, 0.05) is 53.9 Å². The van der Waals surface area contributed by atoms with Gasteiger partial charge in [0.05, 0.1) is 33.1 Å². The van der Waals surface area contributed by atoms with E-state index in [2.05, 4.69) is 312 Å². The van der Waals surface area contributed by atoms with Gasteiger partial charge in [-0.25, -0.2) is 0 Å². The predicted molar refractivity (Wildman–Crippen MR) is 376 cm³/mol. The fourth-order valence-corrected chi connectivity index (χ4v) is 16.5.